The molecule has 88 valence electrons. The van der Waals surface area contributed by atoms with Crippen molar-refractivity contribution in [3.8, 4) is 0 Å². The zero-order chi connectivity index (χ0) is 11.3. The second-order valence-electron chi connectivity index (χ2n) is 4.56. The average molecular weight is 213 g/mol. The van der Waals surface area contributed by atoms with E-state index >= 15 is 0 Å². The summed E-state index contributed by atoms with van der Waals surface area (Å²) in [6.45, 7) is 8.15. The van der Waals surface area contributed by atoms with Gasteiger partial charge >= 0.3 is 0 Å². The molecule has 2 unspecified atom stereocenters. The van der Waals surface area contributed by atoms with E-state index in [2.05, 4.69) is 24.1 Å². The molecule has 1 amide bonds. The highest BCUT2D eigenvalue weighted by Gasteiger charge is 2.23. The van der Waals surface area contributed by atoms with Gasteiger partial charge in [-0.05, 0) is 31.8 Å². The maximum Gasteiger partial charge on any atom is 0.235 e. The Labute approximate surface area is 92.2 Å². The summed E-state index contributed by atoms with van der Waals surface area (Å²) in [7, 11) is 0. The summed E-state index contributed by atoms with van der Waals surface area (Å²) >= 11 is 0. The van der Waals surface area contributed by atoms with Gasteiger partial charge in [-0.2, -0.15) is 0 Å². The van der Waals surface area contributed by atoms with Crippen molar-refractivity contribution in [1.29, 1.82) is 0 Å². The normalized spacial score (nSPS) is 24.3. The molecule has 4 heteroatoms. The number of nitrogens with two attached hydrogens (primary N) is 1. The van der Waals surface area contributed by atoms with Crippen LogP contribution in [0.5, 0.6) is 0 Å². The second kappa shape index (κ2) is 6.08. The van der Waals surface area contributed by atoms with E-state index < -0.39 is 0 Å². The summed E-state index contributed by atoms with van der Waals surface area (Å²) in [5, 5.41) is 3.19. The molecule has 2 atom stereocenters. The quantitative estimate of drug-likeness (QED) is 0.662. The minimum atomic E-state index is -0.233. The van der Waals surface area contributed by atoms with Crippen molar-refractivity contribution in [2.45, 2.75) is 32.7 Å². The molecule has 1 aliphatic rings. The van der Waals surface area contributed by atoms with Crippen LogP contribution in [0.4, 0.5) is 0 Å². The van der Waals surface area contributed by atoms with Gasteiger partial charge in [-0.1, -0.05) is 13.8 Å². The molecule has 0 aromatic rings. The van der Waals surface area contributed by atoms with Gasteiger partial charge in [0.2, 0.25) is 5.91 Å². The predicted octanol–water partition coefficient (Wildman–Crippen LogP) is 0.182. The van der Waals surface area contributed by atoms with Crippen LogP contribution in [0, 0.1) is 5.92 Å². The van der Waals surface area contributed by atoms with Crippen LogP contribution in [0.25, 0.3) is 0 Å². The fourth-order valence-corrected chi connectivity index (χ4v) is 2.02. The first kappa shape index (κ1) is 12.5. The van der Waals surface area contributed by atoms with Crippen molar-refractivity contribution in [3.05, 3.63) is 0 Å². The maximum atomic E-state index is 11.2. The van der Waals surface area contributed by atoms with Crippen molar-refractivity contribution in [2.75, 3.05) is 26.2 Å². The Morgan fingerprint density at radius 1 is 1.67 bits per heavy atom. The molecule has 0 spiro atoms. The minimum Gasteiger partial charge on any atom is -0.368 e. The van der Waals surface area contributed by atoms with Crippen LogP contribution in [0.2, 0.25) is 0 Å². The highest BCUT2D eigenvalue weighted by Crippen LogP contribution is 2.14. The van der Waals surface area contributed by atoms with Crippen LogP contribution in [-0.2, 0) is 4.79 Å². The van der Waals surface area contributed by atoms with Crippen molar-refractivity contribution in [2.24, 2.45) is 11.7 Å². The molecule has 15 heavy (non-hydrogen) atoms. The fourth-order valence-electron chi connectivity index (χ4n) is 2.02. The fraction of sp³-hybridized carbons (Fsp3) is 0.909. The number of carbonyl (C=O) groups excluding carboxylic acids is 1. The van der Waals surface area contributed by atoms with Crippen LogP contribution in [-0.4, -0.2) is 43.0 Å². The molecule has 1 heterocycles. The maximum absolute atomic E-state index is 11.2. The Morgan fingerprint density at radius 2 is 2.40 bits per heavy atom. The summed E-state index contributed by atoms with van der Waals surface area (Å²) < 4.78 is 0. The molecular weight excluding hydrogens is 190 g/mol. The predicted molar refractivity (Wildman–Crippen MR) is 61.5 cm³/mol. The number of amides is 1. The van der Waals surface area contributed by atoms with Crippen molar-refractivity contribution in [1.82, 2.24) is 10.2 Å². The Hall–Kier alpha value is -0.610. The SMILES string of the molecule is CCCNC(CN1CCC(C)C1)C(N)=O. The molecule has 0 aromatic carbocycles. The molecule has 1 aliphatic heterocycles. The Morgan fingerprint density at radius 3 is 2.87 bits per heavy atom. The third-order valence-corrected chi connectivity index (χ3v) is 2.93. The Bertz CT molecular complexity index is 208. The third kappa shape index (κ3) is 4.18. The van der Waals surface area contributed by atoms with Gasteiger partial charge in [0.1, 0.15) is 0 Å². The lowest BCUT2D eigenvalue weighted by molar-refractivity contribution is -0.120. The van der Waals surface area contributed by atoms with Gasteiger partial charge in [0.15, 0.2) is 0 Å². The topological polar surface area (TPSA) is 58.4 Å². The lowest BCUT2D eigenvalue weighted by Gasteiger charge is -2.22. The Kier molecular flexibility index (Phi) is 5.05. The third-order valence-electron chi connectivity index (χ3n) is 2.93. The number of carbonyl (C=O) groups is 1. The van der Waals surface area contributed by atoms with Crippen molar-refractivity contribution >= 4 is 5.91 Å². The summed E-state index contributed by atoms with van der Waals surface area (Å²) in [6.07, 6.45) is 2.26. The van der Waals surface area contributed by atoms with E-state index in [0.29, 0.717) is 0 Å². The van der Waals surface area contributed by atoms with Gasteiger partial charge in [-0.25, -0.2) is 0 Å². The summed E-state index contributed by atoms with van der Waals surface area (Å²) in [5.74, 6) is 0.521. The smallest absolute Gasteiger partial charge is 0.235 e. The van der Waals surface area contributed by atoms with Gasteiger partial charge in [0, 0.05) is 13.1 Å². The molecule has 0 bridgehead atoms. The lowest BCUT2D eigenvalue weighted by Crippen LogP contribution is -2.48. The average Bonchev–Trinajstić information content (AvgIpc) is 2.58. The number of rotatable bonds is 6. The first-order valence-electron chi connectivity index (χ1n) is 5.88. The van der Waals surface area contributed by atoms with E-state index in [-0.39, 0.29) is 11.9 Å². The molecule has 0 saturated carbocycles. The van der Waals surface area contributed by atoms with Crippen LogP contribution >= 0.6 is 0 Å². The van der Waals surface area contributed by atoms with Gasteiger partial charge in [-0.3, -0.25) is 4.79 Å². The number of nitrogens with zero attached hydrogens (tertiary/aromatic N) is 1. The summed E-state index contributed by atoms with van der Waals surface area (Å²) in [5.41, 5.74) is 5.36. The Balaban J connectivity index is 2.33. The number of primary amides is 1. The monoisotopic (exact) mass is 213 g/mol. The molecule has 1 fully saturated rings. The number of hydrogen-bond acceptors (Lipinski definition) is 3. The van der Waals surface area contributed by atoms with Crippen LogP contribution in [0.1, 0.15) is 26.7 Å². The molecule has 3 N–H and O–H groups in total. The van der Waals surface area contributed by atoms with E-state index in [1.54, 1.807) is 0 Å². The van der Waals surface area contributed by atoms with Crippen molar-refractivity contribution < 1.29 is 4.79 Å². The summed E-state index contributed by atoms with van der Waals surface area (Å²) in [6, 6.07) is -0.185. The van der Waals surface area contributed by atoms with E-state index in [0.717, 1.165) is 38.5 Å². The molecule has 4 nitrogen and oxygen atoms in total. The standard InChI is InChI=1S/C11H23N3O/c1-3-5-13-10(11(12)15)8-14-6-4-9(2)7-14/h9-10,13H,3-8H2,1-2H3,(H2,12,15). The summed E-state index contributed by atoms with van der Waals surface area (Å²) in [4.78, 5) is 13.5. The van der Waals surface area contributed by atoms with Gasteiger partial charge in [0.05, 0.1) is 6.04 Å². The molecular formula is C11H23N3O. The lowest BCUT2D eigenvalue weighted by atomic mass is 10.2. The van der Waals surface area contributed by atoms with E-state index in [9.17, 15) is 4.79 Å². The zero-order valence-electron chi connectivity index (χ0n) is 9.83. The first-order valence-corrected chi connectivity index (χ1v) is 5.88. The van der Waals surface area contributed by atoms with Gasteiger partial charge in [-0.15, -0.1) is 0 Å². The molecule has 1 saturated heterocycles. The number of hydrogen-bond donors (Lipinski definition) is 2. The number of nitrogens with one attached hydrogen (secondary N) is 1. The highest BCUT2D eigenvalue weighted by atomic mass is 16.1. The molecule has 0 aliphatic carbocycles. The van der Waals surface area contributed by atoms with E-state index in [1.165, 1.54) is 6.42 Å². The van der Waals surface area contributed by atoms with Crippen molar-refractivity contribution in [3.63, 3.8) is 0 Å². The van der Waals surface area contributed by atoms with E-state index in [1.807, 2.05) is 0 Å². The van der Waals surface area contributed by atoms with Crippen LogP contribution in [0.3, 0.4) is 0 Å². The van der Waals surface area contributed by atoms with Gasteiger partial charge < -0.3 is 16.0 Å². The molecule has 1 rings (SSSR count). The van der Waals surface area contributed by atoms with Crippen LogP contribution < -0.4 is 11.1 Å². The second-order valence-corrected chi connectivity index (χ2v) is 4.56. The number of likely N-dealkylation sites (tertiary alicyclic amines) is 1. The van der Waals surface area contributed by atoms with Crippen LogP contribution in [0.15, 0.2) is 0 Å². The largest absolute Gasteiger partial charge is 0.368 e. The zero-order valence-corrected chi connectivity index (χ0v) is 9.83. The molecule has 0 radical (unpaired) electrons. The first-order chi connectivity index (χ1) is 7.13. The molecule has 0 aromatic heterocycles. The van der Waals surface area contributed by atoms with Gasteiger partial charge in [0.25, 0.3) is 0 Å². The minimum absolute atomic E-state index is 0.185. The van der Waals surface area contributed by atoms with E-state index in [4.69, 9.17) is 5.73 Å². The highest BCUT2D eigenvalue weighted by molar-refractivity contribution is 5.80.